The van der Waals surface area contributed by atoms with Crippen LogP contribution in [0.25, 0.3) is 0 Å². The smallest absolute Gasteiger partial charge is 0.0623 e. The molecular weight excluding hydrogens is 256 g/mol. The fourth-order valence-corrected chi connectivity index (χ4v) is 9.70. The molecule has 2 aromatic rings. The highest BCUT2D eigenvalue weighted by atomic mass is 28.3. The van der Waals surface area contributed by atoms with E-state index in [0.29, 0.717) is 0 Å². The summed E-state index contributed by atoms with van der Waals surface area (Å²) in [6, 6.07) is 17.7. The topological polar surface area (TPSA) is 0 Å². The Hall–Kier alpha value is -1.34. The first kappa shape index (κ1) is 12.4. The molecule has 2 aromatic carbocycles. The predicted octanol–water partition coefficient (Wildman–Crippen LogP) is 3.46. The van der Waals surface area contributed by atoms with Crippen LogP contribution in [0.3, 0.4) is 0 Å². The number of fused-ring (bicyclic) bond motifs is 2. The number of hydrogen-bond acceptors (Lipinski definition) is 0. The summed E-state index contributed by atoms with van der Waals surface area (Å²) in [4.78, 5) is 0. The molecule has 0 saturated heterocycles. The van der Waals surface area contributed by atoms with Crippen LogP contribution in [-0.2, 0) is 11.8 Å². The van der Waals surface area contributed by atoms with Gasteiger partial charge in [-0.25, -0.2) is 0 Å². The van der Waals surface area contributed by atoms with Gasteiger partial charge in [-0.15, -0.1) is 0 Å². The Balaban J connectivity index is 2.15. The molecule has 0 bridgehead atoms. The van der Waals surface area contributed by atoms with Gasteiger partial charge >= 0.3 is 0 Å². The average molecular weight is 278 g/mol. The van der Waals surface area contributed by atoms with Gasteiger partial charge in [-0.05, 0) is 34.3 Å². The van der Waals surface area contributed by atoms with Crippen molar-refractivity contribution < 1.29 is 0 Å². The lowest BCUT2D eigenvalue weighted by Crippen LogP contribution is -2.66. The molecule has 102 valence electrons. The molecule has 1 atom stereocenters. The Labute approximate surface area is 122 Å². The number of rotatable bonds is 0. The van der Waals surface area contributed by atoms with Crippen LogP contribution in [0.4, 0.5) is 0 Å². The van der Waals surface area contributed by atoms with Crippen LogP contribution >= 0.6 is 0 Å². The minimum Gasteiger partial charge on any atom is -0.0623 e. The van der Waals surface area contributed by atoms with E-state index in [9.17, 15) is 0 Å². The van der Waals surface area contributed by atoms with Crippen molar-refractivity contribution in [2.45, 2.75) is 44.7 Å². The maximum Gasteiger partial charge on any atom is 0.116 e. The Morgan fingerprint density at radius 1 is 0.950 bits per heavy atom. The summed E-state index contributed by atoms with van der Waals surface area (Å²) in [7, 11) is -1.50. The highest BCUT2D eigenvalue weighted by molar-refractivity contribution is 7.02. The molecule has 0 radical (unpaired) electrons. The SMILES string of the molecule is CC1(C)c2ccccc2[Si]2(C)CCCc3cccc1c32. The largest absolute Gasteiger partial charge is 0.116 e. The number of benzene rings is 2. The van der Waals surface area contributed by atoms with Gasteiger partial charge in [0, 0.05) is 5.41 Å². The van der Waals surface area contributed by atoms with Crippen LogP contribution in [0.1, 0.15) is 37.0 Å². The van der Waals surface area contributed by atoms with E-state index >= 15 is 0 Å². The number of hydrogen-bond donors (Lipinski definition) is 0. The van der Waals surface area contributed by atoms with Gasteiger partial charge in [0.25, 0.3) is 0 Å². The normalized spacial score (nSPS) is 25.8. The second-order valence-corrected chi connectivity index (χ2v) is 11.4. The van der Waals surface area contributed by atoms with Crippen molar-refractivity contribution >= 4 is 18.4 Å². The van der Waals surface area contributed by atoms with Crippen LogP contribution in [-0.4, -0.2) is 8.07 Å². The molecule has 2 heterocycles. The fourth-order valence-electron chi connectivity index (χ4n) is 4.66. The molecule has 20 heavy (non-hydrogen) atoms. The van der Waals surface area contributed by atoms with E-state index in [1.807, 2.05) is 0 Å². The summed E-state index contributed by atoms with van der Waals surface area (Å²) in [5.74, 6) is 0. The molecule has 1 unspecified atom stereocenters. The quantitative estimate of drug-likeness (QED) is 0.647. The first-order valence-electron chi connectivity index (χ1n) is 7.78. The molecule has 0 amide bonds. The highest BCUT2D eigenvalue weighted by Gasteiger charge is 2.47. The lowest BCUT2D eigenvalue weighted by Gasteiger charge is -2.47. The molecule has 0 nitrogen and oxygen atoms in total. The van der Waals surface area contributed by atoms with Crippen LogP contribution in [0.5, 0.6) is 0 Å². The molecule has 0 aliphatic carbocycles. The first-order chi connectivity index (χ1) is 9.55. The lowest BCUT2D eigenvalue weighted by molar-refractivity contribution is 0.641. The van der Waals surface area contributed by atoms with E-state index in [0.717, 1.165) is 0 Å². The molecule has 0 spiro atoms. The zero-order chi connectivity index (χ0) is 14.0. The summed E-state index contributed by atoms with van der Waals surface area (Å²) in [5, 5.41) is 3.47. The lowest BCUT2D eigenvalue weighted by atomic mass is 9.76. The second-order valence-electron chi connectivity index (χ2n) is 7.20. The Morgan fingerprint density at radius 2 is 1.70 bits per heavy atom. The summed E-state index contributed by atoms with van der Waals surface area (Å²) in [6.45, 7) is 7.41. The van der Waals surface area contributed by atoms with Crippen molar-refractivity contribution in [2.24, 2.45) is 0 Å². The zero-order valence-corrected chi connectivity index (χ0v) is 13.7. The van der Waals surface area contributed by atoms with Crippen LogP contribution in [0, 0.1) is 0 Å². The van der Waals surface area contributed by atoms with Gasteiger partial charge in [0.1, 0.15) is 8.07 Å². The van der Waals surface area contributed by atoms with Crippen molar-refractivity contribution in [3.05, 3.63) is 59.2 Å². The Kier molecular flexibility index (Phi) is 2.39. The van der Waals surface area contributed by atoms with Gasteiger partial charge in [0.15, 0.2) is 0 Å². The molecule has 4 rings (SSSR count). The first-order valence-corrected chi connectivity index (χ1v) is 10.5. The maximum absolute atomic E-state index is 2.60. The molecule has 2 aliphatic rings. The minimum absolute atomic E-state index is 0.159. The summed E-state index contributed by atoms with van der Waals surface area (Å²) in [5.41, 5.74) is 5.00. The molecule has 2 aliphatic heterocycles. The Bertz CT molecular complexity index is 699. The van der Waals surface area contributed by atoms with Gasteiger partial charge in [-0.3, -0.25) is 0 Å². The highest BCUT2D eigenvalue weighted by Crippen LogP contribution is 2.39. The van der Waals surface area contributed by atoms with E-state index in [4.69, 9.17) is 0 Å². The van der Waals surface area contributed by atoms with Crippen molar-refractivity contribution in [3.63, 3.8) is 0 Å². The molecular formula is C19H22Si. The molecule has 0 aromatic heterocycles. The standard InChI is InChI=1S/C19H22Si/c1-19(2)15-10-4-5-12-17(15)20(3)13-7-9-14-8-6-11-16(19)18(14)20/h4-6,8,10-12H,7,9,13H2,1-3H3. The molecule has 0 fully saturated rings. The zero-order valence-electron chi connectivity index (χ0n) is 12.7. The van der Waals surface area contributed by atoms with Gasteiger partial charge in [-0.2, -0.15) is 0 Å². The van der Waals surface area contributed by atoms with E-state index in [2.05, 4.69) is 62.9 Å². The third-order valence-corrected chi connectivity index (χ3v) is 10.4. The van der Waals surface area contributed by atoms with Crippen LogP contribution in [0.2, 0.25) is 12.6 Å². The maximum atomic E-state index is 2.60. The fraction of sp³-hybridized carbons (Fsp3) is 0.368. The summed E-state index contributed by atoms with van der Waals surface area (Å²) < 4.78 is 0. The monoisotopic (exact) mass is 278 g/mol. The molecule has 0 saturated carbocycles. The molecule has 1 heteroatoms. The van der Waals surface area contributed by atoms with Crippen LogP contribution in [0.15, 0.2) is 42.5 Å². The van der Waals surface area contributed by atoms with E-state index in [-0.39, 0.29) is 5.41 Å². The van der Waals surface area contributed by atoms with Crippen molar-refractivity contribution in [2.75, 3.05) is 0 Å². The van der Waals surface area contributed by atoms with Crippen LogP contribution < -0.4 is 10.4 Å². The summed E-state index contributed by atoms with van der Waals surface area (Å²) in [6.07, 6.45) is 2.65. The van der Waals surface area contributed by atoms with E-state index in [1.54, 1.807) is 27.1 Å². The average Bonchev–Trinajstić information content (AvgIpc) is 2.46. The third-order valence-electron chi connectivity index (χ3n) is 5.69. The van der Waals surface area contributed by atoms with Gasteiger partial charge in [-0.1, -0.05) is 74.5 Å². The van der Waals surface area contributed by atoms with E-state index < -0.39 is 8.07 Å². The van der Waals surface area contributed by atoms with Crippen molar-refractivity contribution in [1.29, 1.82) is 0 Å². The third kappa shape index (κ3) is 1.37. The minimum atomic E-state index is -1.50. The van der Waals surface area contributed by atoms with Gasteiger partial charge < -0.3 is 0 Å². The molecule has 0 N–H and O–H groups in total. The van der Waals surface area contributed by atoms with E-state index in [1.165, 1.54) is 18.9 Å². The summed E-state index contributed by atoms with van der Waals surface area (Å²) >= 11 is 0. The Morgan fingerprint density at radius 3 is 2.55 bits per heavy atom. The van der Waals surface area contributed by atoms with Gasteiger partial charge in [0.2, 0.25) is 0 Å². The van der Waals surface area contributed by atoms with Crippen molar-refractivity contribution in [1.82, 2.24) is 0 Å². The predicted molar refractivity (Wildman–Crippen MR) is 89.0 cm³/mol. The number of aryl methyl sites for hydroxylation is 1. The van der Waals surface area contributed by atoms with Crippen molar-refractivity contribution in [3.8, 4) is 0 Å². The second kappa shape index (κ2) is 3.85. The van der Waals surface area contributed by atoms with Gasteiger partial charge in [0.05, 0.1) is 0 Å².